The van der Waals surface area contributed by atoms with Gasteiger partial charge in [0.1, 0.15) is 0 Å². The maximum Gasteiger partial charge on any atom is 0.305 e. The minimum Gasteiger partial charge on any atom is -0.481 e. The van der Waals surface area contributed by atoms with Gasteiger partial charge < -0.3 is 5.11 Å². The smallest absolute Gasteiger partial charge is 0.305 e. The van der Waals surface area contributed by atoms with Crippen LogP contribution >= 0.6 is 0 Å². The molecule has 1 N–H and O–H groups in total. The van der Waals surface area contributed by atoms with Crippen molar-refractivity contribution in [3.63, 3.8) is 0 Å². The van der Waals surface area contributed by atoms with Crippen LogP contribution in [0.5, 0.6) is 0 Å². The fourth-order valence-corrected chi connectivity index (χ4v) is 2.56. The number of nitrogens with zero attached hydrogens (tertiary/aromatic N) is 1. The Hall–Kier alpha value is -1.35. The number of hydrogen-bond donors (Lipinski definition) is 1. The van der Waals surface area contributed by atoms with Crippen molar-refractivity contribution in [2.45, 2.75) is 32.2 Å². The summed E-state index contributed by atoms with van der Waals surface area (Å²) in [6, 6.07) is 9.93. The predicted octanol–water partition coefficient (Wildman–Crippen LogP) is 2.96. The van der Waals surface area contributed by atoms with Gasteiger partial charge in [-0.25, -0.2) is 0 Å². The van der Waals surface area contributed by atoms with Gasteiger partial charge in [-0.05, 0) is 32.0 Å². The van der Waals surface area contributed by atoms with Crippen LogP contribution in [0, 0.1) is 5.92 Å². The van der Waals surface area contributed by atoms with Gasteiger partial charge >= 0.3 is 5.97 Å². The average Bonchev–Trinajstić information content (AvgIpc) is 2.27. The molecule has 0 bridgehead atoms. The van der Waals surface area contributed by atoms with Crippen molar-refractivity contribution >= 4 is 5.97 Å². The fraction of sp³-hybridized carbons (Fsp3) is 0.533. The summed E-state index contributed by atoms with van der Waals surface area (Å²) in [6.07, 6.45) is 0.957. The molecular formula is C15H23NO2. The first-order chi connectivity index (χ1) is 8.38. The van der Waals surface area contributed by atoms with E-state index in [-0.39, 0.29) is 6.42 Å². The summed E-state index contributed by atoms with van der Waals surface area (Å²) in [5, 5.41) is 9.25. The van der Waals surface area contributed by atoms with Gasteiger partial charge in [0.25, 0.3) is 0 Å². The number of rotatable bonds is 6. The SMILES string of the molecule is CC(C)CC(CC(=O)O)(c1ccccc1)N(C)C. The Morgan fingerprint density at radius 1 is 1.28 bits per heavy atom. The summed E-state index contributed by atoms with van der Waals surface area (Å²) < 4.78 is 0. The highest BCUT2D eigenvalue weighted by molar-refractivity contribution is 5.69. The molecule has 0 aliphatic heterocycles. The number of carboxylic acid groups (broad SMARTS) is 1. The molecule has 0 aliphatic carbocycles. The average molecular weight is 249 g/mol. The molecule has 1 aromatic rings. The molecule has 1 rings (SSSR count). The highest BCUT2D eigenvalue weighted by Crippen LogP contribution is 2.36. The van der Waals surface area contributed by atoms with Crippen LogP contribution < -0.4 is 0 Å². The van der Waals surface area contributed by atoms with Crippen molar-refractivity contribution in [2.75, 3.05) is 14.1 Å². The summed E-state index contributed by atoms with van der Waals surface area (Å²) in [5.74, 6) is -0.319. The molecule has 0 aliphatic rings. The van der Waals surface area contributed by atoms with Gasteiger partial charge in [0, 0.05) is 0 Å². The van der Waals surface area contributed by atoms with Gasteiger partial charge in [-0.15, -0.1) is 0 Å². The van der Waals surface area contributed by atoms with Crippen molar-refractivity contribution in [3.8, 4) is 0 Å². The molecule has 1 unspecified atom stereocenters. The highest BCUT2D eigenvalue weighted by atomic mass is 16.4. The van der Waals surface area contributed by atoms with Crippen LogP contribution in [-0.4, -0.2) is 30.1 Å². The van der Waals surface area contributed by atoms with E-state index in [0.29, 0.717) is 5.92 Å². The van der Waals surface area contributed by atoms with Gasteiger partial charge in [-0.2, -0.15) is 0 Å². The molecule has 0 spiro atoms. The summed E-state index contributed by atoms with van der Waals surface area (Å²) in [6.45, 7) is 4.26. The Balaban J connectivity index is 3.24. The number of hydrogen-bond acceptors (Lipinski definition) is 2. The number of benzene rings is 1. The molecule has 3 nitrogen and oxygen atoms in total. The van der Waals surface area contributed by atoms with Crippen LogP contribution in [0.2, 0.25) is 0 Å². The van der Waals surface area contributed by atoms with Crippen LogP contribution in [0.25, 0.3) is 0 Å². The van der Waals surface area contributed by atoms with Crippen molar-refractivity contribution in [1.82, 2.24) is 4.90 Å². The second kappa shape index (κ2) is 6.01. The van der Waals surface area contributed by atoms with E-state index in [4.69, 9.17) is 0 Å². The maximum atomic E-state index is 11.2. The third-order valence-electron chi connectivity index (χ3n) is 3.36. The first kappa shape index (κ1) is 14.7. The molecule has 0 amide bonds. The third-order valence-corrected chi connectivity index (χ3v) is 3.36. The molecule has 0 heterocycles. The Kier molecular flexibility index (Phi) is 4.91. The highest BCUT2D eigenvalue weighted by Gasteiger charge is 2.37. The summed E-state index contributed by atoms with van der Waals surface area (Å²) in [5.41, 5.74) is 0.646. The minimum atomic E-state index is -0.756. The van der Waals surface area contributed by atoms with Crippen LogP contribution in [0.4, 0.5) is 0 Å². The molecule has 1 aromatic carbocycles. The normalized spacial score (nSPS) is 14.8. The van der Waals surface area contributed by atoms with E-state index in [0.717, 1.165) is 12.0 Å². The predicted molar refractivity (Wildman–Crippen MR) is 73.5 cm³/mol. The van der Waals surface area contributed by atoms with Crippen LogP contribution in [-0.2, 0) is 10.3 Å². The lowest BCUT2D eigenvalue weighted by atomic mass is 9.78. The van der Waals surface area contributed by atoms with Crippen LogP contribution in [0.1, 0.15) is 32.3 Å². The van der Waals surface area contributed by atoms with E-state index < -0.39 is 11.5 Å². The Morgan fingerprint density at radius 2 is 1.83 bits per heavy atom. The monoisotopic (exact) mass is 249 g/mol. The quantitative estimate of drug-likeness (QED) is 0.842. The van der Waals surface area contributed by atoms with Crippen molar-refractivity contribution in [1.29, 1.82) is 0 Å². The first-order valence-electron chi connectivity index (χ1n) is 6.33. The Labute approximate surface area is 109 Å². The number of aliphatic carboxylic acids is 1. The zero-order valence-corrected chi connectivity index (χ0v) is 11.7. The molecule has 0 saturated carbocycles. The zero-order valence-electron chi connectivity index (χ0n) is 11.7. The lowest BCUT2D eigenvalue weighted by Gasteiger charge is -2.41. The molecule has 0 saturated heterocycles. The topological polar surface area (TPSA) is 40.5 Å². The second-order valence-electron chi connectivity index (χ2n) is 5.46. The van der Waals surface area contributed by atoms with Gasteiger partial charge in [-0.1, -0.05) is 44.2 Å². The van der Waals surface area contributed by atoms with E-state index in [1.807, 2.05) is 49.3 Å². The summed E-state index contributed by atoms with van der Waals surface area (Å²) >= 11 is 0. The van der Waals surface area contributed by atoms with Crippen molar-refractivity contribution in [3.05, 3.63) is 35.9 Å². The van der Waals surface area contributed by atoms with Gasteiger partial charge in [0.15, 0.2) is 0 Å². The van der Waals surface area contributed by atoms with E-state index >= 15 is 0 Å². The van der Waals surface area contributed by atoms with Crippen molar-refractivity contribution in [2.24, 2.45) is 5.92 Å². The molecule has 100 valence electrons. The van der Waals surface area contributed by atoms with Crippen molar-refractivity contribution < 1.29 is 9.90 Å². The summed E-state index contributed by atoms with van der Waals surface area (Å²) in [4.78, 5) is 13.3. The van der Waals surface area contributed by atoms with Gasteiger partial charge in [0.05, 0.1) is 12.0 Å². The van der Waals surface area contributed by atoms with E-state index in [1.165, 1.54) is 0 Å². The standard InChI is InChI=1S/C15H23NO2/c1-12(2)10-15(16(3)4,11-14(17)18)13-8-6-5-7-9-13/h5-9,12H,10-11H2,1-4H3,(H,17,18). The van der Waals surface area contributed by atoms with Crippen LogP contribution in [0.3, 0.4) is 0 Å². The summed E-state index contributed by atoms with van der Waals surface area (Å²) in [7, 11) is 3.91. The molecule has 18 heavy (non-hydrogen) atoms. The molecule has 3 heteroatoms. The van der Waals surface area contributed by atoms with E-state index in [9.17, 15) is 9.90 Å². The van der Waals surface area contributed by atoms with Crippen LogP contribution in [0.15, 0.2) is 30.3 Å². The van der Waals surface area contributed by atoms with Gasteiger partial charge in [-0.3, -0.25) is 9.69 Å². The second-order valence-corrected chi connectivity index (χ2v) is 5.46. The first-order valence-corrected chi connectivity index (χ1v) is 6.33. The molecular weight excluding hydrogens is 226 g/mol. The molecule has 0 aromatic heterocycles. The maximum absolute atomic E-state index is 11.2. The molecule has 0 radical (unpaired) electrons. The largest absolute Gasteiger partial charge is 0.481 e. The minimum absolute atomic E-state index is 0.127. The number of carboxylic acids is 1. The molecule has 1 atom stereocenters. The molecule has 0 fully saturated rings. The van der Waals surface area contributed by atoms with E-state index in [1.54, 1.807) is 0 Å². The lowest BCUT2D eigenvalue weighted by molar-refractivity contribution is -0.140. The van der Waals surface area contributed by atoms with E-state index in [2.05, 4.69) is 13.8 Å². The Bertz CT molecular complexity index is 387. The van der Waals surface area contributed by atoms with Gasteiger partial charge in [0.2, 0.25) is 0 Å². The zero-order chi connectivity index (χ0) is 13.8. The fourth-order valence-electron chi connectivity index (χ4n) is 2.56. The Morgan fingerprint density at radius 3 is 2.22 bits per heavy atom. The lowest BCUT2D eigenvalue weighted by Crippen LogP contribution is -2.44. The number of carbonyl (C=O) groups is 1. The third kappa shape index (κ3) is 3.33.